The van der Waals surface area contributed by atoms with Crippen molar-refractivity contribution in [2.75, 3.05) is 0 Å². The summed E-state index contributed by atoms with van der Waals surface area (Å²) in [6, 6.07) is 0. The van der Waals surface area contributed by atoms with Crippen molar-refractivity contribution in [3.63, 3.8) is 0 Å². The first kappa shape index (κ1) is 47.4. The van der Waals surface area contributed by atoms with E-state index in [1.807, 2.05) is 0 Å². The molecule has 0 unspecified atom stereocenters. The van der Waals surface area contributed by atoms with Gasteiger partial charge in [-0.2, -0.15) is 0 Å². The van der Waals surface area contributed by atoms with Gasteiger partial charge >= 0.3 is 17.9 Å². The largest absolute Gasteiger partial charge is 0.481 e. The third-order valence-corrected chi connectivity index (χ3v) is 12.3. The SMILES string of the molecule is CC(C)CCCCCCCC1(CCC(=O)O)CC(CCCCCCCC(C)C)(CCC(=O)O)CC(CCCCCCCC(C)C)(CCC(=O)O)C1. The number of carboxylic acids is 3. The normalized spacial score (nSPS) is 22.3. The molecule has 3 N–H and O–H groups in total. The van der Waals surface area contributed by atoms with Gasteiger partial charge in [0.15, 0.2) is 0 Å². The molecule has 0 heterocycles. The minimum atomic E-state index is -0.760. The van der Waals surface area contributed by atoms with Gasteiger partial charge in [0.1, 0.15) is 0 Å². The van der Waals surface area contributed by atoms with E-state index in [9.17, 15) is 29.7 Å². The van der Waals surface area contributed by atoms with E-state index in [-0.39, 0.29) is 35.5 Å². The highest BCUT2D eigenvalue weighted by Gasteiger charge is 2.53. The van der Waals surface area contributed by atoms with Gasteiger partial charge in [-0.05, 0) is 91.8 Å². The molecule has 1 aliphatic rings. The van der Waals surface area contributed by atoms with E-state index in [0.29, 0.717) is 19.3 Å². The summed E-state index contributed by atoms with van der Waals surface area (Å²) >= 11 is 0. The quantitative estimate of drug-likeness (QED) is 0.0582. The topological polar surface area (TPSA) is 112 Å². The highest BCUT2D eigenvalue weighted by molar-refractivity contribution is 5.67. The Morgan fingerprint density at radius 2 is 0.588 bits per heavy atom. The first-order valence-corrected chi connectivity index (χ1v) is 21.8. The molecule has 0 amide bonds. The van der Waals surface area contributed by atoms with Crippen LogP contribution < -0.4 is 0 Å². The molecule has 1 saturated carbocycles. The van der Waals surface area contributed by atoms with Crippen LogP contribution in [-0.4, -0.2) is 33.2 Å². The van der Waals surface area contributed by atoms with Crippen LogP contribution in [0.15, 0.2) is 0 Å². The molecule has 1 aliphatic carbocycles. The maximum Gasteiger partial charge on any atom is 0.303 e. The fourth-order valence-corrected chi connectivity index (χ4v) is 9.87. The molecule has 0 spiro atoms. The number of hydrogen-bond acceptors (Lipinski definition) is 3. The molecule has 51 heavy (non-hydrogen) atoms. The van der Waals surface area contributed by atoms with Crippen molar-refractivity contribution in [2.45, 2.75) is 234 Å². The maximum atomic E-state index is 12.2. The van der Waals surface area contributed by atoms with Crippen molar-refractivity contribution in [3.05, 3.63) is 0 Å². The summed E-state index contributed by atoms with van der Waals surface area (Å²) in [5.41, 5.74) is -0.583. The van der Waals surface area contributed by atoms with Crippen LogP contribution in [0.1, 0.15) is 234 Å². The predicted molar refractivity (Wildman–Crippen MR) is 213 cm³/mol. The Hall–Kier alpha value is -1.59. The maximum absolute atomic E-state index is 12.2. The number of rotatable bonds is 33. The molecule has 0 atom stereocenters. The second kappa shape index (κ2) is 26.2. The van der Waals surface area contributed by atoms with Gasteiger partial charge in [0.25, 0.3) is 0 Å². The fraction of sp³-hybridized carbons (Fsp3) is 0.933. The highest BCUT2D eigenvalue weighted by Crippen LogP contribution is 2.64. The van der Waals surface area contributed by atoms with Crippen molar-refractivity contribution in [3.8, 4) is 0 Å². The summed E-state index contributed by atoms with van der Waals surface area (Å²) in [5, 5.41) is 30.0. The molecule has 1 rings (SSSR count). The van der Waals surface area contributed by atoms with E-state index in [1.165, 1.54) is 77.0 Å². The Balaban J connectivity index is 3.42. The van der Waals surface area contributed by atoms with Crippen LogP contribution in [0.25, 0.3) is 0 Å². The number of unbranched alkanes of at least 4 members (excludes halogenated alkanes) is 12. The van der Waals surface area contributed by atoms with E-state index in [0.717, 1.165) is 94.8 Å². The zero-order chi connectivity index (χ0) is 38.2. The van der Waals surface area contributed by atoms with Crippen molar-refractivity contribution >= 4 is 17.9 Å². The minimum Gasteiger partial charge on any atom is -0.481 e. The second-order valence-electron chi connectivity index (χ2n) is 18.8. The molecule has 0 aromatic carbocycles. The molecule has 0 aliphatic heterocycles. The molecular weight excluding hydrogens is 636 g/mol. The smallest absolute Gasteiger partial charge is 0.303 e. The lowest BCUT2D eigenvalue weighted by Crippen LogP contribution is -2.47. The van der Waals surface area contributed by atoms with Gasteiger partial charge in [0, 0.05) is 19.3 Å². The molecule has 6 nitrogen and oxygen atoms in total. The van der Waals surface area contributed by atoms with E-state index in [2.05, 4.69) is 41.5 Å². The van der Waals surface area contributed by atoms with Crippen LogP contribution >= 0.6 is 0 Å². The van der Waals surface area contributed by atoms with Crippen molar-refractivity contribution in [1.29, 1.82) is 0 Å². The van der Waals surface area contributed by atoms with Crippen molar-refractivity contribution in [2.24, 2.45) is 34.0 Å². The van der Waals surface area contributed by atoms with Crippen LogP contribution in [0.3, 0.4) is 0 Å². The summed E-state index contributed by atoms with van der Waals surface area (Å²) in [6.45, 7) is 13.7. The third kappa shape index (κ3) is 22.9. The Labute approximate surface area is 315 Å². The average Bonchev–Trinajstić information content (AvgIpc) is 3.04. The van der Waals surface area contributed by atoms with Gasteiger partial charge in [-0.3, -0.25) is 14.4 Å². The summed E-state index contributed by atoms with van der Waals surface area (Å²) < 4.78 is 0. The first-order valence-electron chi connectivity index (χ1n) is 21.8. The Bertz CT molecular complexity index is 812. The molecule has 300 valence electrons. The number of hydrogen-bond donors (Lipinski definition) is 3. The zero-order valence-electron chi connectivity index (χ0n) is 34.5. The standard InChI is InChI=1S/C45H84O6/c1-37(2)22-16-10-7-13-19-28-43(31-25-40(46)47)34-44(32-26-41(48)49,29-20-14-8-11-17-23-38(3)4)36-45(35-43,33-27-42(50)51)30-21-15-9-12-18-24-39(5)6/h37-39H,7-36H2,1-6H3,(H,46,47)(H,48,49)(H,50,51). The molecule has 0 aromatic heterocycles. The van der Waals surface area contributed by atoms with Crippen LogP contribution in [0.2, 0.25) is 0 Å². The Kier molecular flexibility index (Phi) is 24.4. The molecule has 0 radical (unpaired) electrons. The van der Waals surface area contributed by atoms with Crippen molar-refractivity contribution < 1.29 is 29.7 Å². The first-order chi connectivity index (χ1) is 24.1. The van der Waals surface area contributed by atoms with E-state index >= 15 is 0 Å². The lowest BCUT2D eigenvalue weighted by atomic mass is 9.47. The van der Waals surface area contributed by atoms with Crippen LogP contribution in [0.4, 0.5) is 0 Å². The fourth-order valence-electron chi connectivity index (χ4n) is 9.87. The summed E-state index contributed by atoms with van der Waals surface area (Å²) in [6.07, 6.45) is 29.3. The lowest BCUT2D eigenvalue weighted by Gasteiger charge is -2.58. The van der Waals surface area contributed by atoms with Crippen molar-refractivity contribution in [1.82, 2.24) is 0 Å². The average molecular weight is 721 g/mol. The number of aliphatic carboxylic acids is 3. The summed E-state index contributed by atoms with van der Waals surface area (Å²) in [5.74, 6) is -0.102. The molecule has 0 aromatic rings. The lowest BCUT2D eigenvalue weighted by molar-refractivity contribution is -0.140. The monoisotopic (exact) mass is 721 g/mol. The Morgan fingerprint density at radius 3 is 0.804 bits per heavy atom. The number of carboxylic acid groups (broad SMARTS) is 3. The van der Waals surface area contributed by atoms with Gasteiger partial charge in [-0.15, -0.1) is 0 Å². The molecule has 1 fully saturated rings. The van der Waals surface area contributed by atoms with E-state index < -0.39 is 17.9 Å². The Morgan fingerprint density at radius 1 is 0.373 bits per heavy atom. The van der Waals surface area contributed by atoms with Crippen LogP contribution in [0, 0.1) is 34.0 Å². The minimum absolute atomic E-state index is 0.129. The zero-order valence-corrected chi connectivity index (χ0v) is 34.5. The van der Waals surface area contributed by atoms with E-state index in [4.69, 9.17) is 0 Å². The number of carbonyl (C=O) groups is 3. The van der Waals surface area contributed by atoms with Crippen LogP contribution in [-0.2, 0) is 14.4 Å². The predicted octanol–water partition coefficient (Wildman–Crippen LogP) is 13.9. The second-order valence-corrected chi connectivity index (χ2v) is 18.8. The van der Waals surface area contributed by atoms with Gasteiger partial charge in [-0.25, -0.2) is 0 Å². The highest BCUT2D eigenvalue weighted by atomic mass is 16.4. The van der Waals surface area contributed by atoms with Gasteiger partial charge in [0.2, 0.25) is 0 Å². The molecule has 0 saturated heterocycles. The van der Waals surface area contributed by atoms with Gasteiger partial charge in [-0.1, -0.05) is 157 Å². The third-order valence-electron chi connectivity index (χ3n) is 12.3. The molecular formula is C45H84O6. The molecule has 6 heteroatoms. The van der Waals surface area contributed by atoms with Crippen LogP contribution in [0.5, 0.6) is 0 Å². The van der Waals surface area contributed by atoms with Gasteiger partial charge < -0.3 is 15.3 Å². The summed E-state index contributed by atoms with van der Waals surface area (Å²) in [4.78, 5) is 36.5. The van der Waals surface area contributed by atoms with Gasteiger partial charge in [0.05, 0.1) is 0 Å². The molecule has 0 bridgehead atoms. The van der Waals surface area contributed by atoms with E-state index in [1.54, 1.807) is 0 Å². The summed E-state index contributed by atoms with van der Waals surface area (Å²) in [7, 11) is 0.